The Morgan fingerprint density at radius 2 is 2.07 bits per heavy atom. The molecule has 0 amide bonds. The van der Waals surface area contributed by atoms with Gasteiger partial charge in [-0.2, -0.15) is 0 Å². The van der Waals surface area contributed by atoms with Crippen molar-refractivity contribution >= 4 is 5.78 Å². The molecule has 1 aromatic rings. The van der Waals surface area contributed by atoms with Crippen LogP contribution in [0.2, 0.25) is 0 Å². The van der Waals surface area contributed by atoms with E-state index in [0.717, 1.165) is 24.2 Å². The summed E-state index contributed by atoms with van der Waals surface area (Å²) in [7, 11) is 0. The summed E-state index contributed by atoms with van der Waals surface area (Å²) in [6.07, 6.45) is 7.41. The molecule has 14 heavy (non-hydrogen) atoms. The molecule has 1 saturated carbocycles. The maximum Gasteiger partial charge on any atom is 0.169 e. The van der Waals surface area contributed by atoms with Gasteiger partial charge in [0.15, 0.2) is 5.78 Å². The van der Waals surface area contributed by atoms with Gasteiger partial charge in [-0.05, 0) is 25.8 Å². The fourth-order valence-electron chi connectivity index (χ4n) is 2.23. The molecule has 0 saturated heterocycles. The molecule has 0 atom stereocenters. The molecule has 0 spiro atoms. The van der Waals surface area contributed by atoms with Gasteiger partial charge in [0, 0.05) is 5.92 Å². The highest BCUT2D eigenvalue weighted by Gasteiger charge is 2.24. The monoisotopic (exact) mass is 192 g/mol. The maximum absolute atomic E-state index is 12.0. The zero-order valence-corrected chi connectivity index (χ0v) is 8.58. The first-order valence-electron chi connectivity index (χ1n) is 5.37. The number of Topliss-reactive ketones (excluding diaryl/α,β-unsaturated/α-hetero) is 1. The van der Waals surface area contributed by atoms with Gasteiger partial charge in [-0.25, -0.2) is 0 Å². The van der Waals surface area contributed by atoms with E-state index < -0.39 is 0 Å². The van der Waals surface area contributed by atoms with Crippen LogP contribution in [0.25, 0.3) is 0 Å². The van der Waals surface area contributed by atoms with E-state index >= 15 is 0 Å². The number of aryl methyl sites for hydroxylation is 1. The first-order valence-corrected chi connectivity index (χ1v) is 5.37. The second-order valence-electron chi connectivity index (χ2n) is 4.09. The molecule has 1 aliphatic carbocycles. The largest absolute Gasteiger partial charge is 0.469 e. The Morgan fingerprint density at radius 3 is 2.64 bits per heavy atom. The van der Waals surface area contributed by atoms with Crippen LogP contribution in [0.4, 0.5) is 0 Å². The lowest BCUT2D eigenvalue weighted by Crippen LogP contribution is -2.17. The normalized spacial score (nSPS) is 18.4. The molecule has 0 unspecified atom stereocenters. The number of hydrogen-bond acceptors (Lipinski definition) is 2. The SMILES string of the molecule is Cc1occc1C(=O)C1CCCCC1. The fraction of sp³-hybridized carbons (Fsp3) is 0.583. The third-order valence-electron chi connectivity index (χ3n) is 3.10. The summed E-state index contributed by atoms with van der Waals surface area (Å²) in [5.74, 6) is 1.30. The molecule has 2 rings (SSSR count). The third kappa shape index (κ3) is 1.74. The van der Waals surface area contributed by atoms with Crippen LogP contribution in [0.5, 0.6) is 0 Å². The van der Waals surface area contributed by atoms with Crippen molar-refractivity contribution in [3.63, 3.8) is 0 Å². The van der Waals surface area contributed by atoms with Crippen molar-refractivity contribution < 1.29 is 9.21 Å². The smallest absolute Gasteiger partial charge is 0.169 e. The highest BCUT2D eigenvalue weighted by Crippen LogP contribution is 2.27. The van der Waals surface area contributed by atoms with Crippen LogP contribution in [0.3, 0.4) is 0 Å². The van der Waals surface area contributed by atoms with E-state index in [1.807, 2.05) is 6.92 Å². The van der Waals surface area contributed by atoms with Gasteiger partial charge in [0.05, 0.1) is 11.8 Å². The lowest BCUT2D eigenvalue weighted by molar-refractivity contribution is 0.0888. The van der Waals surface area contributed by atoms with E-state index in [0.29, 0.717) is 0 Å². The van der Waals surface area contributed by atoms with Crippen molar-refractivity contribution in [1.82, 2.24) is 0 Å². The molecule has 1 aliphatic rings. The Bertz CT molecular complexity index is 319. The summed E-state index contributed by atoms with van der Waals surface area (Å²) in [4.78, 5) is 12.0. The van der Waals surface area contributed by atoms with Gasteiger partial charge in [0.1, 0.15) is 5.76 Å². The summed E-state index contributed by atoms with van der Waals surface area (Å²) in [6.45, 7) is 1.86. The lowest BCUT2D eigenvalue weighted by Gasteiger charge is -2.19. The number of rotatable bonds is 2. The zero-order valence-electron chi connectivity index (χ0n) is 8.58. The average Bonchev–Trinajstić information content (AvgIpc) is 2.65. The number of carbonyl (C=O) groups is 1. The number of furan rings is 1. The number of hydrogen-bond donors (Lipinski definition) is 0. The van der Waals surface area contributed by atoms with Crippen molar-refractivity contribution in [3.05, 3.63) is 23.7 Å². The molecule has 1 aromatic heterocycles. The van der Waals surface area contributed by atoms with Gasteiger partial charge >= 0.3 is 0 Å². The Morgan fingerprint density at radius 1 is 1.36 bits per heavy atom. The molecule has 1 fully saturated rings. The highest BCUT2D eigenvalue weighted by molar-refractivity contribution is 5.98. The molecule has 1 heterocycles. The molecule has 2 heteroatoms. The first-order chi connectivity index (χ1) is 6.79. The maximum atomic E-state index is 12.0. The molecule has 0 bridgehead atoms. The van der Waals surface area contributed by atoms with Gasteiger partial charge < -0.3 is 4.42 Å². The fourth-order valence-corrected chi connectivity index (χ4v) is 2.23. The minimum absolute atomic E-state index is 0.250. The van der Waals surface area contributed by atoms with Crippen LogP contribution in [-0.4, -0.2) is 5.78 Å². The summed E-state index contributed by atoms with van der Waals surface area (Å²) < 4.78 is 5.16. The van der Waals surface area contributed by atoms with Crippen molar-refractivity contribution in [2.75, 3.05) is 0 Å². The number of carbonyl (C=O) groups excluding carboxylic acids is 1. The standard InChI is InChI=1S/C12H16O2/c1-9-11(7-8-14-9)12(13)10-5-3-2-4-6-10/h7-8,10H,2-6H2,1H3. The Kier molecular flexibility index (Phi) is 2.71. The molecule has 2 nitrogen and oxygen atoms in total. The molecule has 0 radical (unpaired) electrons. The molecular formula is C12H16O2. The average molecular weight is 192 g/mol. The topological polar surface area (TPSA) is 30.2 Å². The number of ketones is 1. The van der Waals surface area contributed by atoms with Crippen LogP contribution >= 0.6 is 0 Å². The summed E-state index contributed by atoms with van der Waals surface area (Å²) in [6, 6.07) is 1.80. The molecule has 0 N–H and O–H groups in total. The second-order valence-corrected chi connectivity index (χ2v) is 4.09. The van der Waals surface area contributed by atoms with Gasteiger partial charge in [0.2, 0.25) is 0 Å². The minimum atomic E-state index is 0.250. The van der Waals surface area contributed by atoms with Crippen molar-refractivity contribution in [2.24, 2.45) is 5.92 Å². The van der Waals surface area contributed by atoms with E-state index in [-0.39, 0.29) is 11.7 Å². The van der Waals surface area contributed by atoms with Crippen LogP contribution in [0.1, 0.15) is 48.2 Å². The molecule has 0 aliphatic heterocycles. The van der Waals surface area contributed by atoms with E-state index in [2.05, 4.69) is 0 Å². The van der Waals surface area contributed by atoms with Crippen LogP contribution in [-0.2, 0) is 0 Å². The van der Waals surface area contributed by atoms with Crippen molar-refractivity contribution in [3.8, 4) is 0 Å². The predicted octanol–water partition coefficient (Wildman–Crippen LogP) is 3.35. The van der Waals surface area contributed by atoms with Crippen molar-refractivity contribution in [1.29, 1.82) is 0 Å². The second kappa shape index (κ2) is 3.99. The molecule has 76 valence electrons. The summed E-state index contributed by atoms with van der Waals surface area (Å²) >= 11 is 0. The van der Waals surface area contributed by atoms with E-state index in [1.165, 1.54) is 19.3 Å². The van der Waals surface area contributed by atoms with E-state index in [9.17, 15) is 4.79 Å². The van der Waals surface area contributed by atoms with Crippen molar-refractivity contribution in [2.45, 2.75) is 39.0 Å². The lowest BCUT2D eigenvalue weighted by atomic mass is 9.84. The van der Waals surface area contributed by atoms with E-state index in [1.54, 1.807) is 12.3 Å². The Hall–Kier alpha value is -1.05. The summed E-state index contributed by atoms with van der Waals surface area (Å²) in [5.41, 5.74) is 0.789. The van der Waals surface area contributed by atoms with E-state index in [4.69, 9.17) is 4.42 Å². The minimum Gasteiger partial charge on any atom is -0.469 e. The van der Waals surface area contributed by atoms with Gasteiger partial charge in [-0.3, -0.25) is 4.79 Å². The summed E-state index contributed by atoms with van der Waals surface area (Å²) in [5, 5.41) is 0. The van der Waals surface area contributed by atoms with Crippen LogP contribution < -0.4 is 0 Å². The zero-order chi connectivity index (χ0) is 9.97. The van der Waals surface area contributed by atoms with Crippen LogP contribution in [0.15, 0.2) is 16.7 Å². The quantitative estimate of drug-likeness (QED) is 0.672. The highest BCUT2D eigenvalue weighted by atomic mass is 16.3. The third-order valence-corrected chi connectivity index (χ3v) is 3.10. The Labute approximate surface area is 84.3 Å². The van der Waals surface area contributed by atoms with Crippen LogP contribution in [0, 0.1) is 12.8 Å². The predicted molar refractivity (Wildman–Crippen MR) is 54.4 cm³/mol. The first kappa shape index (κ1) is 9.50. The van der Waals surface area contributed by atoms with Gasteiger partial charge in [-0.15, -0.1) is 0 Å². The van der Waals surface area contributed by atoms with Gasteiger partial charge in [-0.1, -0.05) is 19.3 Å². The van der Waals surface area contributed by atoms with Gasteiger partial charge in [0.25, 0.3) is 0 Å². The molecular weight excluding hydrogens is 176 g/mol. The molecule has 0 aromatic carbocycles. The Balaban J connectivity index is 2.11.